The van der Waals surface area contributed by atoms with Gasteiger partial charge in [-0.1, -0.05) is 49.7 Å². The molecule has 4 N–H and O–H groups in total. The summed E-state index contributed by atoms with van der Waals surface area (Å²) in [6.07, 6.45) is 5.55. The second kappa shape index (κ2) is 10.1. The predicted octanol–water partition coefficient (Wildman–Crippen LogP) is 6.89. The number of hydrogen-bond acceptors (Lipinski definition) is 5. The van der Waals surface area contributed by atoms with Gasteiger partial charge >= 0.3 is 0 Å². The maximum atomic E-state index is 14.6. The quantitative estimate of drug-likeness (QED) is 0.168. The summed E-state index contributed by atoms with van der Waals surface area (Å²) in [5.74, 6) is 0.308. The zero-order chi connectivity index (χ0) is 26.1. The van der Waals surface area contributed by atoms with Gasteiger partial charge in [0.25, 0.3) is 0 Å². The third-order valence-corrected chi connectivity index (χ3v) is 6.70. The molecule has 190 valence electrons. The molecular formula is C30H27FN6O. The number of nitrogens with one attached hydrogen (secondary N) is 3. The molecule has 0 aliphatic rings. The van der Waals surface area contributed by atoms with Crippen molar-refractivity contribution in [3.8, 4) is 33.8 Å². The maximum absolute atomic E-state index is 14.6. The van der Waals surface area contributed by atoms with Crippen molar-refractivity contribution < 1.29 is 9.50 Å². The van der Waals surface area contributed by atoms with Crippen LogP contribution in [-0.2, 0) is 0 Å². The van der Waals surface area contributed by atoms with Crippen LogP contribution in [0.3, 0.4) is 0 Å². The van der Waals surface area contributed by atoms with Gasteiger partial charge in [-0.2, -0.15) is 5.10 Å². The molecule has 8 heteroatoms. The fraction of sp³-hybridized carbons (Fsp3) is 0.167. The topological polar surface area (TPSA) is 103 Å². The van der Waals surface area contributed by atoms with Crippen LogP contribution in [0.5, 0.6) is 0 Å². The summed E-state index contributed by atoms with van der Waals surface area (Å²) < 4.78 is 14.6. The molecule has 1 atom stereocenters. The minimum Gasteiger partial charge on any atom is -0.374 e. The van der Waals surface area contributed by atoms with Gasteiger partial charge in [-0.3, -0.25) is 10.1 Å². The molecule has 38 heavy (non-hydrogen) atoms. The van der Waals surface area contributed by atoms with Crippen LogP contribution in [0.4, 0.5) is 10.1 Å². The fourth-order valence-corrected chi connectivity index (χ4v) is 4.75. The number of fused-ring (bicyclic) bond motifs is 2. The molecule has 0 fully saturated rings. The third-order valence-electron chi connectivity index (χ3n) is 6.70. The first-order valence-corrected chi connectivity index (χ1v) is 12.7. The number of imidazole rings is 1. The van der Waals surface area contributed by atoms with Gasteiger partial charge in [0.15, 0.2) is 5.82 Å². The van der Waals surface area contributed by atoms with E-state index in [4.69, 9.17) is 4.98 Å². The molecule has 0 bridgehead atoms. The number of H-pyrrole nitrogens is 2. The number of pyridine rings is 1. The Morgan fingerprint density at radius 3 is 2.68 bits per heavy atom. The van der Waals surface area contributed by atoms with Gasteiger partial charge < -0.3 is 15.4 Å². The molecule has 0 amide bonds. The molecule has 3 aromatic carbocycles. The summed E-state index contributed by atoms with van der Waals surface area (Å²) in [6.45, 7) is 2.10. The summed E-state index contributed by atoms with van der Waals surface area (Å²) >= 11 is 0. The van der Waals surface area contributed by atoms with Gasteiger partial charge in [0.1, 0.15) is 17.7 Å². The summed E-state index contributed by atoms with van der Waals surface area (Å²) in [7, 11) is 0. The van der Waals surface area contributed by atoms with Gasteiger partial charge in [0.2, 0.25) is 0 Å². The smallest absolute Gasteiger partial charge is 0.159 e. The van der Waals surface area contributed by atoms with E-state index in [1.165, 1.54) is 6.07 Å². The number of aliphatic hydroxyl groups is 1. The molecule has 0 radical (unpaired) electrons. The zero-order valence-electron chi connectivity index (χ0n) is 20.9. The number of halogens is 1. The highest BCUT2D eigenvalue weighted by Gasteiger charge is 2.17. The Morgan fingerprint density at radius 1 is 0.947 bits per heavy atom. The predicted molar refractivity (Wildman–Crippen MR) is 149 cm³/mol. The van der Waals surface area contributed by atoms with E-state index in [9.17, 15) is 9.50 Å². The largest absolute Gasteiger partial charge is 0.374 e. The van der Waals surface area contributed by atoms with Crippen molar-refractivity contribution >= 4 is 27.6 Å². The SMILES string of the molecule is CCCCC(O)Nc1cncc(-c2ccc3[nH]nc(-c4nc5c(-c6ccccc6F)cccc5[nH]4)c3c2)c1. The van der Waals surface area contributed by atoms with Crippen molar-refractivity contribution in [3.05, 3.63) is 84.9 Å². The Bertz CT molecular complexity index is 1740. The molecule has 0 saturated heterocycles. The minimum atomic E-state index is -0.614. The van der Waals surface area contributed by atoms with Crippen LogP contribution in [-0.4, -0.2) is 36.5 Å². The molecule has 0 saturated carbocycles. The van der Waals surface area contributed by atoms with Crippen LogP contribution >= 0.6 is 0 Å². The number of hydrogen-bond donors (Lipinski definition) is 4. The highest BCUT2D eigenvalue weighted by atomic mass is 19.1. The molecule has 3 aromatic heterocycles. The monoisotopic (exact) mass is 506 g/mol. The summed E-state index contributed by atoms with van der Waals surface area (Å²) in [5, 5.41) is 21.9. The van der Waals surface area contributed by atoms with E-state index < -0.39 is 6.23 Å². The molecule has 0 spiro atoms. The Balaban J connectivity index is 1.37. The molecule has 7 nitrogen and oxygen atoms in total. The fourth-order valence-electron chi connectivity index (χ4n) is 4.75. The Hall–Kier alpha value is -4.56. The van der Waals surface area contributed by atoms with Crippen LogP contribution < -0.4 is 5.32 Å². The number of unbranched alkanes of at least 4 members (excludes halogenated alkanes) is 1. The molecule has 0 aliphatic heterocycles. The molecule has 1 unspecified atom stereocenters. The zero-order valence-corrected chi connectivity index (χ0v) is 20.9. The van der Waals surface area contributed by atoms with Crippen LogP contribution in [0.2, 0.25) is 0 Å². The van der Waals surface area contributed by atoms with E-state index in [0.29, 0.717) is 29.0 Å². The Labute approximate surface area is 218 Å². The second-order valence-electron chi connectivity index (χ2n) is 9.36. The first kappa shape index (κ1) is 23.8. The van der Waals surface area contributed by atoms with Crippen molar-refractivity contribution in [2.24, 2.45) is 0 Å². The van der Waals surface area contributed by atoms with E-state index in [-0.39, 0.29) is 5.82 Å². The number of aromatic nitrogens is 5. The summed E-state index contributed by atoms with van der Waals surface area (Å²) in [4.78, 5) is 12.6. The number of benzene rings is 3. The number of para-hydroxylation sites is 1. The van der Waals surface area contributed by atoms with Gasteiger partial charge in [-0.05, 0) is 48.7 Å². The van der Waals surface area contributed by atoms with E-state index in [1.54, 1.807) is 24.5 Å². The highest BCUT2D eigenvalue weighted by Crippen LogP contribution is 2.34. The average molecular weight is 507 g/mol. The lowest BCUT2D eigenvalue weighted by molar-refractivity contribution is 0.190. The van der Waals surface area contributed by atoms with Crippen LogP contribution in [0.15, 0.2) is 79.1 Å². The van der Waals surface area contributed by atoms with Gasteiger partial charge in [-0.15, -0.1) is 0 Å². The lowest BCUT2D eigenvalue weighted by Gasteiger charge is -2.14. The number of rotatable bonds is 8. The highest BCUT2D eigenvalue weighted by molar-refractivity contribution is 5.98. The van der Waals surface area contributed by atoms with Crippen LogP contribution in [0, 0.1) is 5.82 Å². The van der Waals surface area contributed by atoms with E-state index in [2.05, 4.69) is 32.4 Å². The van der Waals surface area contributed by atoms with E-state index in [1.807, 2.05) is 48.5 Å². The molecular weight excluding hydrogens is 479 g/mol. The number of nitrogens with zero attached hydrogens (tertiary/aromatic N) is 3. The lowest BCUT2D eigenvalue weighted by atomic mass is 10.0. The van der Waals surface area contributed by atoms with E-state index in [0.717, 1.165) is 51.6 Å². The minimum absolute atomic E-state index is 0.289. The first-order chi connectivity index (χ1) is 18.6. The average Bonchev–Trinajstić information content (AvgIpc) is 3.56. The summed E-state index contributed by atoms with van der Waals surface area (Å²) in [6, 6.07) is 20.4. The molecule has 0 aliphatic carbocycles. The van der Waals surface area contributed by atoms with Crippen molar-refractivity contribution in [2.75, 3.05) is 5.32 Å². The molecule has 3 heterocycles. The van der Waals surface area contributed by atoms with Crippen molar-refractivity contribution in [1.82, 2.24) is 25.1 Å². The van der Waals surface area contributed by atoms with Gasteiger partial charge in [0.05, 0.1) is 28.4 Å². The molecule has 6 aromatic rings. The molecule has 6 rings (SSSR count). The Morgan fingerprint density at radius 2 is 1.82 bits per heavy atom. The van der Waals surface area contributed by atoms with E-state index >= 15 is 0 Å². The van der Waals surface area contributed by atoms with Crippen molar-refractivity contribution in [2.45, 2.75) is 32.4 Å². The van der Waals surface area contributed by atoms with Gasteiger partial charge in [0, 0.05) is 28.3 Å². The number of aromatic amines is 2. The van der Waals surface area contributed by atoms with Crippen molar-refractivity contribution in [3.63, 3.8) is 0 Å². The number of aliphatic hydroxyl groups excluding tert-OH is 1. The van der Waals surface area contributed by atoms with Crippen LogP contribution in [0.25, 0.3) is 55.7 Å². The van der Waals surface area contributed by atoms with Crippen LogP contribution in [0.1, 0.15) is 26.2 Å². The Kier molecular flexibility index (Phi) is 6.31. The lowest BCUT2D eigenvalue weighted by Crippen LogP contribution is -2.18. The first-order valence-electron chi connectivity index (χ1n) is 12.7. The summed E-state index contributed by atoms with van der Waals surface area (Å²) in [5.41, 5.74) is 6.90. The van der Waals surface area contributed by atoms with Gasteiger partial charge in [-0.25, -0.2) is 9.37 Å². The standard InChI is InChI=1S/C30H27FN6O/c1-2-3-11-27(38)33-20-14-19(16-32-17-20)18-12-13-25-23(15-18)29(37-36-25)30-34-26-10-6-8-22(28(26)35-30)21-7-4-5-9-24(21)31/h4-10,12-17,27,33,38H,2-3,11H2,1H3,(H,34,35)(H,36,37). The normalized spacial score (nSPS) is 12.3. The third kappa shape index (κ3) is 4.50. The second-order valence-corrected chi connectivity index (χ2v) is 9.36. The van der Waals surface area contributed by atoms with Crippen molar-refractivity contribution in [1.29, 1.82) is 0 Å². The maximum Gasteiger partial charge on any atom is 0.159 e. The number of anilines is 1.